The topological polar surface area (TPSA) is 53.1 Å². The van der Waals surface area contributed by atoms with E-state index in [2.05, 4.69) is 39.1 Å². The first-order valence-corrected chi connectivity index (χ1v) is 11.3. The van der Waals surface area contributed by atoms with Crippen LogP contribution in [0.3, 0.4) is 0 Å². The molecule has 0 atom stereocenters. The number of anilines is 1. The fraction of sp³-hybridized carbons (Fsp3) is 0.773. The number of halogens is 1. The number of pyridine rings is 1. The molecular weight excluding hydrogens is 385 g/mol. The van der Waals surface area contributed by atoms with Gasteiger partial charge in [0, 0.05) is 64.6 Å². The van der Waals surface area contributed by atoms with Gasteiger partial charge in [-0.3, -0.25) is 4.90 Å². The number of nitrogens with zero attached hydrogens (tertiary/aromatic N) is 4. The maximum Gasteiger partial charge on any atom is 0.169 e. The van der Waals surface area contributed by atoms with Crippen LogP contribution >= 0.6 is 0 Å². The Labute approximate surface area is 180 Å². The van der Waals surface area contributed by atoms with E-state index in [4.69, 9.17) is 9.47 Å². The summed E-state index contributed by atoms with van der Waals surface area (Å²) >= 11 is 0. The number of piperidine rings is 1. The molecule has 0 saturated carbocycles. The van der Waals surface area contributed by atoms with Crippen molar-refractivity contribution in [2.75, 3.05) is 64.9 Å². The highest BCUT2D eigenvalue weighted by atomic mass is 19.1. The zero-order valence-corrected chi connectivity index (χ0v) is 18.9. The van der Waals surface area contributed by atoms with Gasteiger partial charge in [0.15, 0.2) is 17.9 Å². The van der Waals surface area contributed by atoms with Crippen molar-refractivity contribution in [3.05, 3.63) is 23.6 Å². The molecule has 0 unspecified atom stereocenters. The second-order valence-corrected chi connectivity index (χ2v) is 8.37. The van der Waals surface area contributed by atoms with Crippen LogP contribution < -0.4 is 10.2 Å². The van der Waals surface area contributed by atoms with E-state index in [0.717, 1.165) is 31.9 Å². The van der Waals surface area contributed by atoms with Gasteiger partial charge in [0.1, 0.15) is 0 Å². The summed E-state index contributed by atoms with van der Waals surface area (Å²) in [5.74, 6) is 0.227. The first kappa shape index (κ1) is 23.3. The number of nitrogens with one attached hydrogen (secondary N) is 1. The minimum absolute atomic E-state index is 0.245. The predicted molar refractivity (Wildman–Crippen MR) is 117 cm³/mol. The fourth-order valence-corrected chi connectivity index (χ4v) is 4.27. The van der Waals surface area contributed by atoms with Gasteiger partial charge in [-0.2, -0.15) is 0 Å². The molecule has 1 aromatic heterocycles. The summed E-state index contributed by atoms with van der Waals surface area (Å²) in [4.78, 5) is 11.5. The third-order valence-electron chi connectivity index (χ3n) is 6.11. The van der Waals surface area contributed by atoms with Gasteiger partial charge in [0.25, 0.3) is 0 Å². The molecule has 1 N–H and O–H groups in total. The molecule has 0 bridgehead atoms. The van der Waals surface area contributed by atoms with Crippen molar-refractivity contribution in [3.63, 3.8) is 0 Å². The van der Waals surface area contributed by atoms with Crippen molar-refractivity contribution in [1.29, 1.82) is 0 Å². The molecule has 0 aromatic carbocycles. The van der Waals surface area contributed by atoms with E-state index in [-0.39, 0.29) is 12.1 Å². The molecule has 2 fully saturated rings. The summed E-state index contributed by atoms with van der Waals surface area (Å²) in [5, 5.41) is 3.30. The first-order valence-electron chi connectivity index (χ1n) is 11.3. The third-order valence-corrected chi connectivity index (χ3v) is 6.11. The normalized spacial score (nSPS) is 19.1. The highest BCUT2D eigenvalue weighted by Crippen LogP contribution is 2.27. The lowest BCUT2D eigenvalue weighted by molar-refractivity contribution is -0.133. The van der Waals surface area contributed by atoms with E-state index in [1.165, 1.54) is 18.9 Å². The Kier molecular flexibility index (Phi) is 8.83. The largest absolute Gasteiger partial charge is 0.352 e. The van der Waals surface area contributed by atoms with Crippen molar-refractivity contribution in [1.82, 2.24) is 20.1 Å². The van der Waals surface area contributed by atoms with Gasteiger partial charge in [-0.1, -0.05) is 0 Å². The Morgan fingerprint density at radius 3 is 2.43 bits per heavy atom. The summed E-state index contributed by atoms with van der Waals surface area (Å²) in [6, 6.07) is 4.46. The van der Waals surface area contributed by atoms with Crippen molar-refractivity contribution < 1.29 is 13.9 Å². The molecule has 2 saturated heterocycles. The standard InChI is InChI=1S/C22H38FN5O2/c1-5-29-21(30-6-2)14-24-13-17-7-8-20(23)22(25-17)28-15-19(16-28)27-11-9-18(10-12-27)26(3)4/h7-8,18-19,21,24H,5-6,9-16H2,1-4H3. The van der Waals surface area contributed by atoms with Crippen LogP contribution in [0, 0.1) is 5.82 Å². The lowest BCUT2D eigenvalue weighted by Gasteiger charge is -2.48. The Hall–Kier alpha value is -1.32. The maximum absolute atomic E-state index is 14.4. The van der Waals surface area contributed by atoms with Crippen LogP contribution in [0.15, 0.2) is 12.1 Å². The number of rotatable bonds is 11. The average molecular weight is 424 g/mol. The molecule has 0 amide bonds. The van der Waals surface area contributed by atoms with Gasteiger partial charge < -0.3 is 24.6 Å². The third kappa shape index (κ3) is 6.11. The van der Waals surface area contributed by atoms with Gasteiger partial charge >= 0.3 is 0 Å². The predicted octanol–water partition coefficient (Wildman–Crippen LogP) is 1.92. The molecule has 30 heavy (non-hydrogen) atoms. The zero-order chi connectivity index (χ0) is 21.5. The van der Waals surface area contributed by atoms with Crippen LogP contribution in [-0.4, -0.2) is 93.2 Å². The molecule has 8 heteroatoms. The summed E-state index contributed by atoms with van der Waals surface area (Å²) in [6.07, 6.45) is 2.15. The van der Waals surface area contributed by atoms with Crippen LogP contribution in [0.5, 0.6) is 0 Å². The molecule has 0 spiro atoms. The average Bonchev–Trinajstić information content (AvgIpc) is 2.70. The molecule has 2 aliphatic heterocycles. The Bertz CT molecular complexity index is 642. The summed E-state index contributed by atoms with van der Waals surface area (Å²) < 4.78 is 25.5. The van der Waals surface area contributed by atoms with E-state index in [1.54, 1.807) is 6.07 Å². The number of ether oxygens (including phenoxy) is 2. The molecule has 1 aromatic rings. The lowest BCUT2D eigenvalue weighted by atomic mass is 9.99. The first-order chi connectivity index (χ1) is 14.5. The Morgan fingerprint density at radius 1 is 1.17 bits per heavy atom. The second-order valence-electron chi connectivity index (χ2n) is 8.37. The van der Waals surface area contributed by atoms with Crippen LogP contribution in [-0.2, 0) is 16.0 Å². The number of aromatic nitrogens is 1. The fourth-order valence-electron chi connectivity index (χ4n) is 4.27. The monoisotopic (exact) mass is 423 g/mol. The van der Waals surface area contributed by atoms with Gasteiger partial charge in [-0.25, -0.2) is 9.37 Å². The van der Waals surface area contributed by atoms with Gasteiger partial charge in [0.05, 0.1) is 5.69 Å². The number of likely N-dealkylation sites (tertiary alicyclic amines) is 1. The molecule has 3 heterocycles. The van der Waals surface area contributed by atoms with Gasteiger partial charge in [0.2, 0.25) is 0 Å². The minimum Gasteiger partial charge on any atom is -0.352 e. The van der Waals surface area contributed by atoms with Crippen molar-refractivity contribution >= 4 is 5.82 Å². The molecule has 0 aliphatic carbocycles. The maximum atomic E-state index is 14.4. The van der Waals surface area contributed by atoms with Gasteiger partial charge in [-0.05, 0) is 52.9 Å². The zero-order valence-electron chi connectivity index (χ0n) is 18.9. The highest BCUT2D eigenvalue weighted by Gasteiger charge is 2.36. The van der Waals surface area contributed by atoms with Crippen LogP contribution in [0.2, 0.25) is 0 Å². The smallest absolute Gasteiger partial charge is 0.169 e. The summed E-state index contributed by atoms with van der Waals surface area (Å²) in [6.45, 7) is 10.2. The quantitative estimate of drug-likeness (QED) is 0.546. The molecular formula is C22H38FN5O2. The summed E-state index contributed by atoms with van der Waals surface area (Å²) in [5.41, 5.74) is 0.827. The summed E-state index contributed by atoms with van der Waals surface area (Å²) in [7, 11) is 4.32. The van der Waals surface area contributed by atoms with Crippen LogP contribution in [0.25, 0.3) is 0 Å². The number of hydrogen-bond donors (Lipinski definition) is 1. The Balaban J connectivity index is 1.47. The van der Waals surface area contributed by atoms with Crippen molar-refractivity contribution in [2.45, 2.75) is 51.6 Å². The second kappa shape index (κ2) is 11.3. The number of hydrogen-bond acceptors (Lipinski definition) is 7. The van der Waals surface area contributed by atoms with E-state index >= 15 is 0 Å². The van der Waals surface area contributed by atoms with Crippen molar-refractivity contribution in [2.24, 2.45) is 0 Å². The van der Waals surface area contributed by atoms with Crippen LogP contribution in [0.4, 0.5) is 10.2 Å². The highest BCUT2D eigenvalue weighted by molar-refractivity contribution is 5.44. The molecule has 170 valence electrons. The van der Waals surface area contributed by atoms with E-state index in [1.807, 2.05) is 13.8 Å². The Morgan fingerprint density at radius 2 is 1.83 bits per heavy atom. The minimum atomic E-state index is -0.271. The van der Waals surface area contributed by atoms with Crippen molar-refractivity contribution in [3.8, 4) is 0 Å². The van der Waals surface area contributed by atoms with Gasteiger partial charge in [-0.15, -0.1) is 0 Å². The van der Waals surface area contributed by atoms with E-state index in [9.17, 15) is 4.39 Å². The molecule has 7 nitrogen and oxygen atoms in total. The lowest BCUT2D eigenvalue weighted by Crippen LogP contribution is -2.62. The molecule has 3 rings (SSSR count). The molecule has 2 aliphatic rings. The van der Waals surface area contributed by atoms with E-state index < -0.39 is 0 Å². The molecule has 0 radical (unpaired) electrons. The van der Waals surface area contributed by atoms with Crippen LogP contribution in [0.1, 0.15) is 32.4 Å². The SMILES string of the molecule is CCOC(CNCc1ccc(F)c(N2CC(N3CCC(N(C)C)CC3)C2)n1)OCC. The van der Waals surface area contributed by atoms with E-state index in [0.29, 0.717) is 44.2 Å².